The van der Waals surface area contributed by atoms with Crippen molar-refractivity contribution in [3.63, 3.8) is 0 Å². The number of aryl methyl sites for hydroxylation is 4. The van der Waals surface area contributed by atoms with Crippen LogP contribution < -0.4 is 0 Å². The summed E-state index contributed by atoms with van der Waals surface area (Å²) in [4.78, 5) is 0. The summed E-state index contributed by atoms with van der Waals surface area (Å²) in [5, 5.41) is 0. The van der Waals surface area contributed by atoms with Gasteiger partial charge in [-0.1, -0.05) is 0 Å². The van der Waals surface area contributed by atoms with E-state index in [0.29, 0.717) is 7.35 Å². The monoisotopic (exact) mass is 718 g/mol. The van der Waals surface area contributed by atoms with Gasteiger partial charge in [0.25, 0.3) is 0 Å². The van der Waals surface area contributed by atoms with Crippen molar-refractivity contribution in [2.24, 2.45) is 0 Å². The van der Waals surface area contributed by atoms with Gasteiger partial charge in [-0.05, 0) is 0 Å². The third-order valence-electron chi connectivity index (χ3n) is 10.8. The van der Waals surface area contributed by atoms with Crippen molar-refractivity contribution < 1.29 is 18.0 Å². The first-order chi connectivity index (χ1) is 20.0. The zero-order valence-corrected chi connectivity index (χ0v) is 30.4. The average molecular weight is 717 g/mol. The predicted octanol–water partition coefficient (Wildman–Crippen LogP) is 11.9. The molecule has 0 heterocycles. The summed E-state index contributed by atoms with van der Waals surface area (Å²) in [6, 6.07) is 28.2. The summed E-state index contributed by atoms with van der Waals surface area (Å²) in [6.45, 7) is 13.7. The minimum absolute atomic E-state index is 0.489. The Kier molecular flexibility index (Phi) is 7.42. The molecule has 1 heteroatoms. The molecule has 0 saturated heterocycles. The van der Waals surface area contributed by atoms with Crippen LogP contribution in [-0.2, 0) is 18.0 Å². The first-order valence-electron chi connectivity index (χ1n) is 15.9. The van der Waals surface area contributed by atoms with Gasteiger partial charge in [-0.2, -0.15) is 0 Å². The molecule has 0 N–H and O–H groups in total. The van der Waals surface area contributed by atoms with E-state index in [1.54, 1.807) is 11.1 Å². The maximum absolute atomic E-state index is 3.97. The molecule has 0 fully saturated rings. The van der Waals surface area contributed by atoms with Gasteiger partial charge in [0.15, 0.2) is 0 Å². The molecule has 4 aromatic carbocycles. The van der Waals surface area contributed by atoms with Gasteiger partial charge in [0.2, 0.25) is 0 Å². The minimum atomic E-state index is -3.97. The summed E-state index contributed by atoms with van der Waals surface area (Å²) in [6.07, 6.45) is 12.5. The number of allylic oxidation sites excluding steroid dienone is 2. The number of rotatable bonds is 6. The third kappa shape index (κ3) is 4.55. The van der Waals surface area contributed by atoms with Crippen LogP contribution in [0.3, 0.4) is 0 Å². The first-order valence-corrected chi connectivity index (χ1v) is 29.0. The summed E-state index contributed by atoms with van der Waals surface area (Å²) in [5.74, 6) is 0. The average Bonchev–Trinajstić information content (AvgIpc) is 3.58. The van der Waals surface area contributed by atoms with Gasteiger partial charge < -0.3 is 0 Å². The molecule has 2 unspecified atom stereocenters. The number of fused-ring (bicyclic) bond motifs is 2. The molecule has 0 nitrogen and oxygen atoms in total. The number of hydrogen-bond acceptors (Lipinski definition) is 0. The van der Waals surface area contributed by atoms with E-state index in [1.165, 1.54) is 68.5 Å². The number of hydrogen-bond donors (Lipinski definition) is 0. The second-order valence-electron chi connectivity index (χ2n) is 14.0. The molecular weight excluding hydrogens is 671 g/mol. The fourth-order valence-electron chi connectivity index (χ4n) is 8.98. The van der Waals surface area contributed by atoms with Crippen molar-refractivity contribution in [2.75, 3.05) is 0 Å². The van der Waals surface area contributed by atoms with E-state index in [2.05, 4.69) is 148 Å². The fraction of sp³-hybridized carbons (Fsp3) is 0.293. The Morgan fingerprint density at radius 1 is 0.571 bits per heavy atom. The molecule has 0 aromatic heterocycles. The van der Waals surface area contributed by atoms with Gasteiger partial charge in [0.1, 0.15) is 0 Å². The van der Waals surface area contributed by atoms with Crippen molar-refractivity contribution in [1.82, 2.24) is 0 Å². The quantitative estimate of drug-likeness (QED) is 0.174. The molecule has 0 amide bonds. The first kappa shape index (κ1) is 29.2. The standard InChI is InChI=1S/2C17H15.C5H10.2CH3.Hf/c2*1-12-9-13(2)11-15(10-12)17-8-4-6-14-5-3-7-16(14)17;1-3-5-4-2;;;/h2*3-11H,1-2H3;3-4H2,1-2H3;2*1H3;. The molecule has 2 aliphatic rings. The molecule has 4 aromatic rings. The summed E-state index contributed by atoms with van der Waals surface area (Å²) < 4.78 is 8.42. The van der Waals surface area contributed by atoms with Gasteiger partial charge in [-0.15, -0.1) is 0 Å². The Labute approximate surface area is 254 Å². The molecule has 214 valence electrons. The van der Waals surface area contributed by atoms with Gasteiger partial charge in [0, 0.05) is 0 Å². The Balaban J connectivity index is 1.55. The van der Waals surface area contributed by atoms with E-state index in [9.17, 15) is 0 Å². The number of benzene rings is 4. The van der Waals surface area contributed by atoms with Crippen molar-refractivity contribution >= 4 is 15.4 Å². The van der Waals surface area contributed by atoms with Crippen molar-refractivity contribution in [3.8, 4) is 22.3 Å². The molecule has 2 aliphatic carbocycles. The van der Waals surface area contributed by atoms with Gasteiger partial charge in [-0.3, -0.25) is 0 Å². The third-order valence-corrected chi connectivity index (χ3v) is 38.7. The van der Waals surface area contributed by atoms with E-state index in [1.807, 2.05) is 3.26 Å². The van der Waals surface area contributed by atoms with Crippen LogP contribution in [0.5, 0.6) is 0 Å². The van der Waals surface area contributed by atoms with Gasteiger partial charge >= 0.3 is 256 Å². The molecule has 0 radical (unpaired) electrons. The molecule has 42 heavy (non-hydrogen) atoms. The zero-order valence-electron chi connectivity index (χ0n) is 26.8. The summed E-state index contributed by atoms with van der Waals surface area (Å²) in [5.41, 5.74) is 16.8. The van der Waals surface area contributed by atoms with E-state index >= 15 is 0 Å². The van der Waals surface area contributed by atoms with Crippen LogP contribution in [0.2, 0.25) is 9.36 Å². The van der Waals surface area contributed by atoms with Crippen LogP contribution in [0, 0.1) is 27.7 Å². The fourth-order valence-corrected chi connectivity index (χ4v) is 35.2. The van der Waals surface area contributed by atoms with Crippen LogP contribution in [0.15, 0.2) is 84.9 Å². The molecule has 0 aliphatic heterocycles. The molecule has 6 rings (SSSR count). The molecule has 0 spiro atoms. The SMILES string of the molecule is CC[C](CC)=[Hf]([CH3])([CH3])([CH]1C=Cc2c(-c3cc(C)cc(C)c3)cccc21)[CH]1C=Cc2c(-c3cc(C)cc(C)c3)cccc21. The van der Waals surface area contributed by atoms with Crippen LogP contribution in [0.1, 0.15) is 78.5 Å². The van der Waals surface area contributed by atoms with Crippen LogP contribution in [-0.4, -0.2) is 3.26 Å². The van der Waals surface area contributed by atoms with E-state index < -0.39 is 18.0 Å². The second-order valence-corrected chi connectivity index (χ2v) is 39.7. The van der Waals surface area contributed by atoms with Crippen molar-refractivity contribution in [3.05, 3.63) is 129 Å². The maximum atomic E-state index is 2.79. The second kappa shape index (κ2) is 10.7. The Hall–Kier alpha value is -2.90. The summed E-state index contributed by atoms with van der Waals surface area (Å²) in [7, 11) is 0. The van der Waals surface area contributed by atoms with Gasteiger partial charge in [-0.25, -0.2) is 0 Å². The summed E-state index contributed by atoms with van der Waals surface area (Å²) >= 11 is -3.97. The van der Waals surface area contributed by atoms with Crippen LogP contribution in [0.4, 0.5) is 0 Å². The van der Waals surface area contributed by atoms with E-state index in [4.69, 9.17) is 0 Å². The Morgan fingerprint density at radius 3 is 1.31 bits per heavy atom. The topological polar surface area (TPSA) is 0 Å². The molecular formula is C41H46Hf. The Bertz CT molecular complexity index is 1680. The molecule has 2 atom stereocenters. The molecule has 0 saturated carbocycles. The van der Waals surface area contributed by atoms with Crippen molar-refractivity contribution in [1.29, 1.82) is 0 Å². The Morgan fingerprint density at radius 2 is 0.952 bits per heavy atom. The van der Waals surface area contributed by atoms with E-state index in [0.717, 1.165) is 0 Å². The predicted molar refractivity (Wildman–Crippen MR) is 184 cm³/mol. The van der Waals surface area contributed by atoms with E-state index in [-0.39, 0.29) is 0 Å². The van der Waals surface area contributed by atoms with Crippen molar-refractivity contribution in [2.45, 2.75) is 71.1 Å². The van der Waals surface area contributed by atoms with Gasteiger partial charge in [0.05, 0.1) is 0 Å². The molecule has 0 bridgehead atoms. The van der Waals surface area contributed by atoms with Crippen LogP contribution in [0.25, 0.3) is 34.4 Å². The normalized spacial score (nSPS) is 17.5. The van der Waals surface area contributed by atoms with Crippen LogP contribution >= 0.6 is 0 Å². The zero-order chi connectivity index (χ0) is 29.8.